The van der Waals surface area contributed by atoms with Crippen LogP contribution in [-0.4, -0.2) is 16.9 Å². The van der Waals surface area contributed by atoms with Crippen LogP contribution in [0.5, 0.6) is 0 Å². The summed E-state index contributed by atoms with van der Waals surface area (Å²) in [6, 6.07) is 2.62. The van der Waals surface area contributed by atoms with E-state index in [1.807, 2.05) is 0 Å². The quantitative estimate of drug-likeness (QED) is 0.680. The number of hydrogen-bond acceptors (Lipinski definition) is 3. The van der Waals surface area contributed by atoms with Gasteiger partial charge in [0.2, 0.25) is 0 Å². The number of carbonyl (C=O) groups excluding carboxylic acids is 1. The average molecular weight is 317 g/mol. The first-order chi connectivity index (χ1) is 9.38. The molecule has 2 unspecified atom stereocenters. The zero-order valence-corrected chi connectivity index (χ0v) is 12.4. The summed E-state index contributed by atoms with van der Waals surface area (Å²) in [4.78, 5) is 22.3. The monoisotopic (exact) mass is 316 g/mol. The molecule has 2 rings (SSSR count). The molecule has 1 fully saturated rings. The minimum atomic E-state index is -0.650. The molecule has 1 aromatic carbocycles. The number of rotatable bonds is 3. The zero-order valence-electron chi connectivity index (χ0n) is 10.9. The van der Waals surface area contributed by atoms with Crippen molar-refractivity contribution in [2.24, 2.45) is 5.92 Å². The lowest BCUT2D eigenvalue weighted by Crippen LogP contribution is -2.32. The Kier molecular flexibility index (Phi) is 4.50. The molecular formula is C13H14Cl2N2O3. The van der Waals surface area contributed by atoms with Crippen LogP contribution in [-0.2, 0) is 0 Å². The molecule has 5 nitrogen and oxygen atoms in total. The van der Waals surface area contributed by atoms with Crippen LogP contribution in [0.2, 0.25) is 10.0 Å². The highest BCUT2D eigenvalue weighted by Crippen LogP contribution is 2.33. The summed E-state index contributed by atoms with van der Waals surface area (Å²) in [6.07, 6.45) is 2.93. The highest BCUT2D eigenvalue weighted by Gasteiger charge is 2.25. The standard InChI is InChI=1S/C13H14Cl2N2O3/c1-7-2-3-9(4-7)16-13(18)8-5-10(14)12(15)11(6-8)17(19)20/h5-7,9H,2-4H2,1H3,(H,16,18). The van der Waals surface area contributed by atoms with Gasteiger partial charge in [-0.3, -0.25) is 14.9 Å². The van der Waals surface area contributed by atoms with E-state index in [1.165, 1.54) is 6.07 Å². The fraction of sp³-hybridized carbons (Fsp3) is 0.462. The van der Waals surface area contributed by atoms with Gasteiger partial charge in [-0.25, -0.2) is 0 Å². The van der Waals surface area contributed by atoms with E-state index in [-0.39, 0.29) is 33.2 Å². The van der Waals surface area contributed by atoms with Crippen LogP contribution in [0, 0.1) is 16.0 Å². The van der Waals surface area contributed by atoms with Crippen LogP contribution < -0.4 is 5.32 Å². The van der Waals surface area contributed by atoms with E-state index in [1.54, 1.807) is 0 Å². The summed E-state index contributed by atoms with van der Waals surface area (Å²) < 4.78 is 0. The van der Waals surface area contributed by atoms with Crippen molar-refractivity contribution in [3.63, 3.8) is 0 Å². The first kappa shape index (κ1) is 15.1. The largest absolute Gasteiger partial charge is 0.349 e. The zero-order chi connectivity index (χ0) is 14.9. The summed E-state index contributed by atoms with van der Waals surface area (Å²) in [5, 5.41) is 13.6. The van der Waals surface area contributed by atoms with E-state index >= 15 is 0 Å². The van der Waals surface area contributed by atoms with Gasteiger partial charge in [0.1, 0.15) is 5.02 Å². The third-order valence-electron chi connectivity index (χ3n) is 3.50. The van der Waals surface area contributed by atoms with E-state index < -0.39 is 4.92 Å². The smallest absolute Gasteiger partial charge is 0.290 e. The molecule has 1 aliphatic rings. The fourth-order valence-corrected chi connectivity index (χ4v) is 2.84. The fourth-order valence-electron chi connectivity index (χ4n) is 2.45. The van der Waals surface area contributed by atoms with Gasteiger partial charge in [-0.15, -0.1) is 0 Å². The van der Waals surface area contributed by atoms with Gasteiger partial charge in [0, 0.05) is 17.7 Å². The lowest BCUT2D eigenvalue weighted by molar-refractivity contribution is -0.384. The maximum absolute atomic E-state index is 12.1. The summed E-state index contributed by atoms with van der Waals surface area (Å²) in [6.45, 7) is 2.14. The number of hydrogen-bond donors (Lipinski definition) is 1. The number of nitro groups is 1. The van der Waals surface area contributed by atoms with Crippen LogP contribution in [0.4, 0.5) is 5.69 Å². The molecule has 0 radical (unpaired) electrons. The van der Waals surface area contributed by atoms with Gasteiger partial charge in [0.05, 0.1) is 9.95 Å². The van der Waals surface area contributed by atoms with Crippen LogP contribution in [0.15, 0.2) is 12.1 Å². The summed E-state index contributed by atoms with van der Waals surface area (Å²) in [5.74, 6) is 0.231. The van der Waals surface area contributed by atoms with Crippen molar-refractivity contribution in [2.45, 2.75) is 32.2 Å². The van der Waals surface area contributed by atoms with E-state index in [0.29, 0.717) is 5.92 Å². The number of nitrogens with zero attached hydrogens (tertiary/aromatic N) is 1. The lowest BCUT2D eigenvalue weighted by Gasteiger charge is -2.12. The highest BCUT2D eigenvalue weighted by atomic mass is 35.5. The Morgan fingerprint density at radius 1 is 1.40 bits per heavy atom. The van der Waals surface area contributed by atoms with Gasteiger partial charge >= 0.3 is 0 Å². The summed E-state index contributed by atoms with van der Waals surface area (Å²) >= 11 is 11.6. The first-order valence-corrected chi connectivity index (χ1v) is 7.08. The van der Waals surface area contributed by atoms with Crippen molar-refractivity contribution in [1.29, 1.82) is 0 Å². The van der Waals surface area contributed by atoms with Gasteiger partial charge in [-0.1, -0.05) is 30.1 Å². The average Bonchev–Trinajstić information content (AvgIpc) is 2.77. The van der Waals surface area contributed by atoms with Crippen molar-refractivity contribution < 1.29 is 9.72 Å². The minimum absolute atomic E-state index is 0.00538. The Morgan fingerprint density at radius 3 is 2.65 bits per heavy atom. The molecule has 1 aliphatic carbocycles. The topological polar surface area (TPSA) is 72.2 Å². The van der Waals surface area contributed by atoms with Crippen molar-refractivity contribution >= 4 is 34.8 Å². The summed E-state index contributed by atoms with van der Waals surface area (Å²) in [7, 11) is 0. The second kappa shape index (κ2) is 5.97. The van der Waals surface area contributed by atoms with Crippen LogP contribution in [0.3, 0.4) is 0 Å². The summed E-state index contributed by atoms with van der Waals surface area (Å²) in [5.41, 5.74) is -0.199. The van der Waals surface area contributed by atoms with Crippen molar-refractivity contribution in [3.8, 4) is 0 Å². The number of nitrogens with one attached hydrogen (secondary N) is 1. The van der Waals surface area contributed by atoms with Crippen LogP contribution in [0.1, 0.15) is 36.5 Å². The Morgan fingerprint density at radius 2 is 2.10 bits per heavy atom. The van der Waals surface area contributed by atoms with Crippen LogP contribution >= 0.6 is 23.2 Å². The van der Waals surface area contributed by atoms with E-state index in [2.05, 4.69) is 12.2 Å². The molecule has 0 spiro atoms. The minimum Gasteiger partial charge on any atom is -0.349 e. The molecule has 0 heterocycles. The normalized spacial score (nSPS) is 21.8. The molecule has 0 bridgehead atoms. The van der Waals surface area contributed by atoms with Crippen molar-refractivity contribution in [3.05, 3.63) is 37.9 Å². The van der Waals surface area contributed by atoms with E-state index in [4.69, 9.17) is 23.2 Å². The molecule has 1 amide bonds. The number of halogens is 2. The van der Waals surface area contributed by atoms with E-state index in [9.17, 15) is 14.9 Å². The Labute approximate surface area is 126 Å². The first-order valence-electron chi connectivity index (χ1n) is 6.32. The number of amides is 1. The van der Waals surface area contributed by atoms with Crippen molar-refractivity contribution in [1.82, 2.24) is 5.32 Å². The van der Waals surface area contributed by atoms with Gasteiger partial charge < -0.3 is 5.32 Å². The van der Waals surface area contributed by atoms with E-state index in [0.717, 1.165) is 25.3 Å². The Bertz CT molecular complexity index is 563. The lowest BCUT2D eigenvalue weighted by atomic mass is 10.1. The maximum Gasteiger partial charge on any atom is 0.290 e. The third kappa shape index (κ3) is 3.22. The molecule has 0 aromatic heterocycles. The van der Waals surface area contributed by atoms with Crippen molar-refractivity contribution in [2.75, 3.05) is 0 Å². The number of nitro benzene ring substituents is 1. The van der Waals surface area contributed by atoms with Gasteiger partial charge in [-0.2, -0.15) is 0 Å². The predicted molar refractivity (Wildman–Crippen MR) is 77.4 cm³/mol. The van der Waals surface area contributed by atoms with Crippen LogP contribution in [0.25, 0.3) is 0 Å². The molecule has 2 atom stereocenters. The molecule has 108 valence electrons. The molecule has 7 heteroatoms. The molecule has 0 aliphatic heterocycles. The molecule has 1 saturated carbocycles. The SMILES string of the molecule is CC1CCC(NC(=O)c2cc(Cl)c(Cl)c([N+](=O)[O-])c2)C1. The Hall–Kier alpha value is -1.33. The van der Waals surface area contributed by atoms with Gasteiger partial charge in [0.15, 0.2) is 0 Å². The number of carbonyl (C=O) groups is 1. The van der Waals surface area contributed by atoms with Gasteiger partial charge in [0.25, 0.3) is 11.6 Å². The predicted octanol–water partition coefficient (Wildman–Crippen LogP) is 3.82. The number of benzene rings is 1. The van der Waals surface area contributed by atoms with Gasteiger partial charge in [-0.05, 0) is 31.2 Å². The highest BCUT2D eigenvalue weighted by molar-refractivity contribution is 6.43. The molecular weight excluding hydrogens is 303 g/mol. The molecule has 20 heavy (non-hydrogen) atoms. The second-order valence-electron chi connectivity index (χ2n) is 5.14. The maximum atomic E-state index is 12.1. The molecule has 1 N–H and O–H groups in total. The molecule has 0 saturated heterocycles. The third-order valence-corrected chi connectivity index (χ3v) is 4.29. The Balaban J connectivity index is 2.20. The second-order valence-corrected chi connectivity index (χ2v) is 5.92. The molecule has 1 aromatic rings.